The lowest BCUT2D eigenvalue weighted by atomic mass is 9.62. The fourth-order valence-electron chi connectivity index (χ4n) is 6.81. The molecule has 44 heavy (non-hydrogen) atoms. The third kappa shape index (κ3) is 9.81. The van der Waals surface area contributed by atoms with Crippen LogP contribution in [-0.4, -0.2) is 0 Å². The van der Waals surface area contributed by atoms with Gasteiger partial charge in [-0.15, -0.1) is 0 Å². The van der Waals surface area contributed by atoms with Gasteiger partial charge >= 0.3 is 0 Å². The highest BCUT2D eigenvalue weighted by atomic mass is 14.4. The third-order valence-electron chi connectivity index (χ3n) is 11.5. The van der Waals surface area contributed by atoms with Crippen LogP contribution in [0.25, 0.3) is 0 Å². The highest BCUT2D eigenvalue weighted by Gasteiger charge is 2.39. The maximum absolute atomic E-state index is 4.65. The van der Waals surface area contributed by atoms with Crippen molar-refractivity contribution in [1.82, 2.24) is 0 Å². The van der Waals surface area contributed by atoms with Crippen molar-refractivity contribution in [2.75, 3.05) is 0 Å². The van der Waals surface area contributed by atoms with E-state index in [0.29, 0.717) is 5.92 Å². The van der Waals surface area contributed by atoms with Crippen LogP contribution in [0, 0.1) is 45.3 Å². The van der Waals surface area contributed by atoms with E-state index in [9.17, 15) is 0 Å². The van der Waals surface area contributed by atoms with E-state index in [1.54, 1.807) is 0 Å². The summed E-state index contributed by atoms with van der Waals surface area (Å²) >= 11 is 0. The van der Waals surface area contributed by atoms with Crippen LogP contribution in [0.2, 0.25) is 0 Å². The SMILES string of the molecule is C=C=C=C1CC(C)(C)CC(=C=C=C)C(=C)C(C)C(C)(C)C(C)C(=C)C(=C=C=C)CC(C)(C)CCCC(C)C(C)(C)C(C)C1=C. The van der Waals surface area contributed by atoms with Crippen LogP contribution in [0.1, 0.15) is 122 Å². The molecule has 1 rings (SSSR count). The zero-order chi connectivity index (χ0) is 34.3. The van der Waals surface area contributed by atoms with Crippen LogP contribution in [0.5, 0.6) is 0 Å². The average Bonchev–Trinajstić information content (AvgIpc) is 2.92. The summed E-state index contributed by atoms with van der Waals surface area (Å²) < 4.78 is 0. The molecule has 0 spiro atoms. The number of allylic oxidation sites excluding steroid dienone is 6. The van der Waals surface area contributed by atoms with E-state index >= 15 is 0 Å². The molecule has 0 aromatic heterocycles. The Bertz CT molecular complexity index is 1370. The fraction of sp³-hybridized carbons (Fsp3) is 0.591. The van der Waals surface area contributed by atoms with Gasteiger partial charge in [-0.3, -0.25) is 0 Å². The maximum Gasteiger partial charge on any atom is 0.00580 e. The Balaban J connectivity index is 3.84. The predicted molar refractivity (Wildman–Crippen MR) is 195 cm³/mol. The van der Waals surface area contributed by atoms with Crippen molar-refractivity contribution in [2.24, 2.45) is 45.3 Å². The summed E-state index contributed by atoms with van der Waals surface area (Å²) in [5.74, 6) is 1.15. The lowest BCUT2D eigenvalue weighted by Crippen LogP contribution is -2.33. The topological polar surface area (TPSA) is 0 Å². The van der Waals surface area contributed by atoms with Crippen LogP contribution in [-0.2, 0) is 0 Å². The van der Waals surface area contributed by atoms with Crippen molar-refractivity contribution in [3.8, 4) is 0 Å². The van der Waals surface area contributed by atoms with Gasteiger partial charge in [0.15, 0.2) is 0 Å². The molecule has 0 heteroatoms. The van der Waals surface area contributed by atoms with Gasteiger partial charge in [0.2, 0.25) is 0 Å². The van der Waals surface area contributed by atoms with E-state index < -0.39 is 0 Å². The summed E-state index contributed by atoms with van der Waals surface area (Å²) in [5, 5.41) is 0. The predicted octanol–water partition coefficient (Wildman–Crippen LogP) is 13.3. The molecule has 0 N–H and O–H groups in total. The van der Waals surface area contributed by atoms with E-state index in [1.165, 1.54) is 6.42 Å². The fourth-order valence-corrected chi connectivity index (χ4v) is 6.81. The van der Waals surface area contributed by atoms with Gasteiger partial charge in [0.05, 0.1) is 0 Å². The summed E-state index contributed by atoms with van der Waals surface area (Å²) in [6.45, 7) is 53.7. The zero-order valence-electron chi connectivity index (χ0n) is 30.8. The molecule has 0 aromatic carbocycles. The van der Waals surface area contributed by atoms with Crippen LogP contribution in [0.15, 0.2) is 107 Å². The Kier molecular flexibility index (Phi) is 13.7. The quantitative estimate of drug-likeness (QED) is 0.245. The van der Waals surface area contributed by atoms with Gasteiger partial charge in [-0.25, -0.2) is 0 Å². The van der Waals surface area contributed by atoms with Crippen molar-refractivity contribution < 1.29 is 0 Å². The van der Waals surface area contributed by atoms with Gasteiger partial charge in [-0.1, -0.05) is 150 Å². The molecule has 0 saturated heterocycles. The first-order valence-electron chi connectivity index (χ1n) is 16.6. The minimum absolute atomic E-state index is 0.0621. The molecule has 4 atom stereocenters. The van der Waals surface area contributed by atoms with Crippen molar-refractivity contribution in [3.05, 3.63) is 107 Å². The Morgan fingerprint density at radius 2 is 0.841 bits per heavy atom. The largest absolute Gasteiger partial charge is 0.0946 e. The van der Waals surface area contributed by atoms with Crippen molar-refractivity contribution >= 4 is 0 Å². The Labute approximate surface area is 273 Å². The lowest BCUT2D eigenvalue weighted by molar-refractivity contribution is 0.146. The van der Waals surface area contributed by atoms with E-state index in [4.69, 9.17) is 0 Å². The third-order valence-corrected chi connectivity index (χ3v) is 11.5. The van der Waals surface area contributed by atoms with Gasteiger partial charge in [0.25, 0.3) is 0 Å². The summed E-state index contributed by atoms with van der Waals surface area (Å²) in [5.41, 5.74) is 25.5. The van der Waals surface area contributed by atoms with Crippen molar-refractivity contribution in [3.63, 3.8) is 0 Å². The summed E-state index contributed by atoms with van der Waals surface area (Å²) in [6.07, 6.45) is 5.95. The molecule has 0 heterocycles. The van der Waals surface area contributed by atoms with Gasteiger partial charge in [-0.2, -0.15) is 0 Å². The second-order valence-corrected chi connectivity index (χ2v) is 16.4. The summed E-state index contributed by atoms with van der Waals surface area (Å²) in [4.78, 5) is 0. The molecular formula is C44H64. The Morgan fingerprint density at radius 1 is 0.523 bits per heavy atom. The first kappa shape index (κ1) is 39.1. The summed E-state index contributed by atoms with van der Waals surface area (Å²) in [6, 6.07) is 0. The molecule has 0 radical (unpaired) electrons. The molecule has 0 bridgehead atoms. The van der Waals surface area contributed by atoms with E-state index in [2.05, 4.69) is 157 Å². The van der Waals surface area contributed by atoms with Crippen LogP contribution >= 0.6 is 0 Å². The van der Waals surface area contributed by atoms with Crippen LogP contribution < -0.4 is 0 Å². The number of rotatable bonds is 0. The molecule has 0 amide bonds. The molecule has 1 saturated carbocycles. The lowest BCUT2D eigenvalue weighted by Gasteiger charge is -2.42. The van der Waals surface area contributed by atoms with E-state index in [1.807, 2.05) is 0 Å². The summed E-state index contributed by atoms with van der Waals surface area (Å²) in [7, 11) is 0. The van der Waals surface area contributed by atoms with Crippen molar-refractivity contribution in [1.29, 1.82) is 0 Å². The highest BCUT2D eigenvalue weighted by molar-refractivity contribution is 5.37. The monoisotopic (exact) mass is 593 g/mol. The number of hydrogen-bond donors (Lipinski definition) is 0. The molecule has 0 aromatic rings. The second kappa shape index (κ2) is 15.4. The molecule has 240 valence electrons. The standard InChI is InChI=1S/C44H64/c1-19-23-38-28-41(11,12)27-22-26-31(4)43(15,16)35(8)32(5)39(24-20-2)29-42(13,14)30-40(25-21-3)34(7)37(10)44(17,18)36(9)33(38)6/h31,35-37H,1-3,5-7,22,26-30H2,4,8-18H3. The smallest absolute Gasteiger partial charge is 0.00580 e. The minimum atomic E-state index is -0.132. The minimum Gasteiger partial charge on any atom is -0.0946 e. The molecule has 1 aliphatic carbocycles. The van der Waals surface area contributed by atoms with Gasteiger partial charge in [0.1, 0.15) is 0 Å². The number of hydrogen-bond acceptors (Lipinski definition) is 0. The maximum atomic E-state index is 4.65. The average molecular weight is 593 g/mol. The Hall–Kier alpha value is -2.88. The molecule has 4 unspecified atom stereocenters. The molecule has 0 aliphatic heterocycles. The molecular weight excluding hydrogens is 528 g/mol. The second-order valence-electron chi connectivity index (χ2n) is 16.4. The first-order valence-corrected chi connectivity index (χ1v) is 16.6. The van der Waals surface area contributed by atoms with E-state index in [0.717, 1.165) is 65.5 Å². The zero-order valence-corrected chi connectivity index (χ0v) is 30.8. The van der Waals surface area contributed by atoms with Gasteiger partial charge in [-0.05, 0) is 107 Å². The van der Waals surface area contributed by atoms with Gasteiger partial charge < -0.3 is 0 Å². The van der Waals surface area contributed by atoms with Gasteiger partial charge in [0, 0.05) is 16.7 Å². The first-order chi connectivity index (χ1) is 20.1. The highest BCUT2D eigenvalue weighted by Crippen LogP contribution is 2.49. The molecule has 1 fully saturated rings. The normalized spacial score (nSPS) is 28.4. The molecule has 1 aliphatic rings. The van der Waals surface area contributed by atoms with Crippen LogP contribution in [0.4, 0.5) is 0 Å². The Morgan fingerprint density at radius 3 is 1.18 bits per heavy atom. The van der Waals surface area contributed by atoms with E-state index in [-0.39, 0.29) is 39.4 Å². The van der Waals surface area contributed by atoms with Crippen molar-refractivity contribution in [2.45, 2.75) is 122 Å². The van der Waals surface area contributed by atoms with Crippen LogP contribution in [0.3, 0.4) is 0 Å². The molecule has 0 nitrogen and oxygen atoms in total.